The SMILES string of the molecule is Cc1ccccc1N(C)c1cnccc1CNC(C)(C)C. The normalized spacial score (nSPS) is 11.5. The van der Waals surface area contributed by atoms with Gasteiger partial charge in [0.1, 0.15) is 0 Å². The van der Waals surface area contributed by atoms with E-state index in [1.54, 1.807) is 0 Å². The summed E-state index contributed by atoms with van der Waals surface area (Å²) < 4.78 is 0. The summed E-state index contributed by atoms with van der Waals surface area (Å²) in [6.45, 7) is 9.50. The number of anilines is 2. The Bertz CT molecular complexity index is 599. The lowest BCUT2D eigenvalue weighted by atomic mass is 10.1. The van der Waals surface area contributed by atoms with Crippen molar-refractivity contribution in [3.05, 3.63) is 53.9 Å². The molecule has 0 fully saturated rings. The summed E-state index contributed by atoms with van der Waals surface area (Å²) in [6, 6.07) is 10.5. The van der Waals surface area contributed by atoms with Crippen molar-refractivity contribution >= 4 is 11.4 Å². The van der Waals surface area contributed by atoms with Gasteiger partial charge in [0, 0.05) is 31.0 Å². The molecule has 2 rings (SSSR count). The molecule has 0 amide bonds. The van der Waals surface area contributed by atoms with E-state index in [0.717, 1.165) is 12.2 Å². The van der Waals surface area contributed by atoms with Gasteiger partial charge in [-0.25, -0.2) is 0 Å². The van der Waals surface area contributed by atoms with Gasteiger partial charge >= 0.3 is 0 Å². The largest absolute Gasteiger partial charge is 0.343 e. The summed E-state index contributed by atoms with van der Waals surface area (Å²) in [5, 5.41) is 3.55. The maximum atomic E-state index is 4.30. The predicted molar refractivity (Wildman–Crippen MR) is 90.1 cm³/mol. The van der Waals surface area contributed by atoms with E-state index in [2.05, 4.69) is 80.3 Å². The highest BCUT2D eigenvalue weighted by Crippen LogP contribution is 2.28. The van der Waals surface area contributed by atoms with E-state index in [4.69, 9.17) is 0 Å². The summed E-state index contributed by atoms with van der Waals surface area (Å²) in [7, 11) is 2.10. The number of benzene rings is 1. The molecule has 21 heavy (non-hydrogen) atoms. The fraction of sp³-hybridized carbons (Fsp3) is 0.389. The number of hydrogen-bond donors (Lipinski definition) is 1. The highest BCUT2D eigenvalue weighted by atomic mass is 15.1. The van der Waals surface area contributed by atoms with Gasteiger partial charge in [-0.2, -0.15) is 0 Å². The van der Waals surface area contributed by atoms with Crippen molar-refractivity contribution in [2.75, 3.05) is 11.9 Å². The van der Waals surface area contributed by atoms with Gasteiger partial charge in [0.05, 0.1) is 11.9 Å². The lowest BCUT2D eigenvalue weighted by molar-refractivity contribution is 0.424. The van der Waals surface area contributed by atoms with Crippen LogP contribution in [-0.2, 0) is 6.54 Å². The van der Waals surface area contributed by atoms with Crippen molar-refractivity contribution in [1.82, 2.24) is 10.3 Å². The fourth-order valence-electron chi connectivity index (χ4n) is 2.30. The lowest BCUT2D eigenvalue weighted by Crippen LogP contribution is -2.35. The summed E-state index contributed by atoms with van der Waals surface area (Å²) >= 11 is 0. The van der Waals surface area contributed by atoms with Crippen LogP contribution in [0, 0.1) is 6.92 Å². The van der Waals surface area contributed by atoms with Gasteiger partial charge in [0.2, 0.25) is 0 Å². The van der Waals surface area contributed by atoms with Crippen molar-refractivity contribution in [3.8, 4) is 0 Å². The highest BCUT2D eigenvalue weighted by Gasteiger charge is 2.14. The molecule has 0 atom stereocenters. The molecule has 3 nitrogen and oxygen atoms in total. The fourth-order valence-corrected chi connectivity index (χ4v) is 2.30. The molecule has 0 saturated carbocycles. The third-order valence-corrected chi connectivity index (χ3v) is 3.53. The number of nitrogens with zero attached hydrogens (tertiary/aromatic N) is 2. The minimum Gasteiger partial charge on any atom is -0.343 e. The van der Waals surface area contributed by atoms with Gasteiger partial charge in [-0.1, -0.05) is 18.2 Å². The molecule has 1 aromatic heterocycles. The van der Waals surface area contributed by atoms with Crippen LogP contribution in [0.15, 0.2) is 42.7 Å². The third-order valence-electron chi connectivity index (χ3n) is 3.53. The maximum Gasteiger partial charge on any atom is 0.0640 e. The van der Waals surface area contributed by atoms with Crippen LogP contribution in [0.3, 0.4) is 0 Å². The van der Waals surface area contributed by atoms with Crippen LogP contribution in [0.2, 0.25) is 0 Å². The average molecular weight is 283 g/mol. The molecular formula is C18H25N3. The van der Waals surface area contributed by atoms with Gasteiger partial charge in [-0.3, -0.25) is 4.98 Å². The topological polar surface area (TPSA) is 28.2 Å². The van der Waals surface area contributed by atoms with Crippen LogP contribution in [0.5, 0.6) is 0 Å². The first-order chi connectivity index (χ1) is 9.88. The van der Waals surface area contributed by atoms with Gasteiger partial charge in [-0.15, -0.1) is 0 Å². The first kappa shape index (κ1) is 15.5. The number of nitrogens with one attached hydrogen (secondary N) is 1. The summed E-state index contributed by atoms with van der Waals surface area (Å²) in [4.78, 5) is 6.51. The molecule has 1 heterocycles. The Morgan fingerprint density at radius 1 is 1.10 bits per heavy atom. The van der Waals surface area contributed by atoms with Crippen molar-refractivity contribution in [1.29, 1.82) is 0 Å². The highest BCUT2D eigenvalue weighted by molar-refractivity contribution is 5.67. The Kier molecular flexibility index (Phi) is 4.63. The van der Waals surface area contributed by atoms with E-state index in [-0.39, 0.29) is 5.54 Å². The monoisotopic (exact) mass is 283 g/mol. The number of aromatic nitrogens is 1. The van der Waals surface area contributed by atoms with E-state index in [1.807, 2.05) is 12.4 Å². The number of rotatable bonds is 4. The van der Waals surface area contributed by atoms with Crippen molar-refractivity contribution < 1.29 is 0 Å². The molecule has 0 saturated heterocycles. The molecule has 0 unspecified atom stereocenters. The molecule has 0 bridgehead atoms. The van der Waals surface area contributed by atoms with Gasteiger partial charge in [-0.05, 0) is 51.0 Å². The van der Waals surface area contributed by atoms with Crippen LogP contribution in [0.1, 0.15) is 31.9 Å². The molecular weight excluding hydrogens is 258 g/mol. The minimum absolute atomic E-state index is 0.0990. The van der Waals surface area contributed by atoms with Crippen molar-refractivity contribution in [2.24, 2.45) is 0 Å². The Hall–Kier alpha value is -1.87. The van der Waals surface area contributed by atoms with Gasteiger partial charge in [0.25, 0.3) is 0 Å². The molecule has 0 aliphatic rings. The Balaban J connectivity index is 2.29. The van der Waals surface area contributed by atoms with E-state index >= 15 is 0 Å². The molecule has 1 N–H and O–H groups in total. The standard InChI is InChI=1S/C18H25N3/c1-14-8-6-7-9-16(14)21(5)17-13-19-11-10-15(17)12-20-18(2,3)4/h6-11,13,20H,12H2,1-5H3. The quantitative estimate of drug-likeness (QED) is 0.917. The smallest absolute Gasteiger partial charge is 0.0640 e. The molecule has 0 radical (unpaired) electrons. The zero-order valence-corrected chi connectivity index (χ0v) is 13.6. The summed E-state index contributed by atoms with van der Waals surface area (Å²) in [6.07, 6.45) is 3.79. The van der Waals surface area contributed by atoms with E-state index in [0.29, 0.717) is 0 Å². The zero-order chi connectivity index (χ0) is 15.5. The number of para-hydroxylation sites is 1. The van der Waals surface area contributed by atoms with Crippen LogP contribution in [-0.4, -0.2) is 17.6 Å². The number of pyridine rings is 1. The Morgan fingerprint density at radius 2 is 1.81 bits per heavy atom. The zero-order valence-electron chi connectivity index (χ0n) is 13.6. The van der Waals surface area contributed by atoms with Gasteiger partial charge < -0.3 is 10.2 Å². The number of hydrogen-bond acceptors (Lipinski definition) is 3. The first-order valence-electron chi connectivity index (χ1n) is 7.36. The van der Waals surface area contributed by atoms with E-state index < -0.39 is 0 Å². The third kappa shape index (κ3) is 4.05. The first-order valence-corrected chi connectivity index (χ1v) is 7.36. The molecule has 1 aromatic carbocycles. The Labute approximate surface area is 128 Å². The maximum absolute atomic E-state index is 4.30. The molecule has 3 heteroatoms. The van der Waals surface area contributed by atoms with E-state index in [1.165, 1.54) is 16.8 Å². The second-order valence-corrected chi connectivity index (χ2v) is 6.45. The van der Waals surface area contributed by atoms with Crippen molar-refractivity contribution in [3.63, 3.8) is 0 Å². The molecule has 0 spiro atoms. The van der Waals surface area contributed by atoms with E-state index in [9.17, 15) is 0 Å². The molecule has 112 valence electrons. The van der Waals surface area contributed by atoms with Crippen LogP contribution in [0.25, 0.3) is 0 Å². The van der Waals surface area contributed by atoms with Crippen LogP contribution < -0.4 is 10.2 Å². The van der Waals surface area contributed by atoms with Gasteiger partial charge in [0.15, 0.2) is 0 Å². The minimum atomic E-state index is 0.0990. The summed E-state index contributed by atoms with van der Waals surface area (Å²) in [5.74, 6) is 0. The second-order valence-electron chi connectivity index (χ2n) is 6.45. The Morgan fingerprint density at radius 3 is 2.48 bits per heavy atom. The number of aryl methyl sites for hydroxylation is 1. The lowest BCUT2D eigenvalue weighted by Gasteiger charge is -2.26. The van der Waals surface area contributed by atoms with Crippen LogP contribution in [0.4, 0.5) is 11.4 Å². The van der Waals surface area contributed by atoms with Crippen molar-refractivity contribution in [2.45, 2.75) is 39.8 Å². The molecule has 0 aliphatic carbocycles. The average Bonchev–Trinajstić information content (AvgIpc) is 2.44. The summed E-state index contributed by atoms with van der Waals surface area (Å²) in [5.41, 5.74) is 4.97. The molecule has 2 aromatic rings. The second kappa shape index (κ2) is 6.27. The predicted octanol–water partition coefficient (Wildman–Crippen LogP) is 4.05. The molecule has 0 aliphatic heterocycles. The van der Waals surface area contributed by atoms with Crippen LogP contribution >= 0.6 is 0 Å².